The van der Waals surface area contributed by atoms with Crippen LogP contribution in [0.4, 0.5) is 0 Å². The summed E-state index contributed by atoms with van der Waals surface area (Å²) in [6, 6.07) is 11.0. The monoisotopic (exact) mass is 600 g/mol. The molecule has 3 aromatic rings. The molecular formula is C32H40O11. The molecule has 0 fully saturated rings. The summed E-state index contributed by atoms with van der Waals surface area (Å²) in [5.74, 6) is -0.593. The van der Waals surface area contributed by atoms with Crippen LogP contribution >= 0.6 is 0 Å². The van der Waals surface area contributed by atoms with Crippen LogP contribution in [0.15, 0.2) is 42.5 Å². The third-order valence-electron chi connectivity index (χ3n) is 6.97. The van der Waals surface area contributed by atoms with E-state index in [9.17, 15) is 20.1 Å². The van der Waals surface area contributed by atoms with Crippen LogP contribution in [0.5, 0.6) is 46.0 Å². The van der Waals surface area contributed by atoms with Gasteiger partial charge in [-0.25, -0.2) is 4.79 Å². The highest BCUT2D eigenvalue weighted by Gasteiger charge is 2.34. The zero-order chi connectivity index (χ0) is 31.7. The third kappa shape index (κ3) is 7.29. The summed E-state index contributed by atoms with van der Waals surface area (Å²) >= 11 is 0. The van der Waals surface area contributed by atoms with E-state index in [1.807, 2.05) is 6.92 Å². The molecule has 0 aliphatic heterocycles. The van der Waals surface area contributed by atoms with Gasteiger partial charge in [0.2, 0.25) is 11.5 Å². The Kier molecular flexibility index (Phi) is 11.6. The molecule has 234 valence electrons. The van der Waals surface area contributed by atoms with E-state index < -0.39 is 24.6 Å². The molecule has 0 bridgehead atoms. The Hall–Kier alpha value is -4.51. The lowest BCUT2D eigenvalue weighted by atomic mass is 9.85. The molecule has 11 heteroatoms. The Labute approximate surface area is 251 Å². The van der Waals surface area contributed by atoms with Crippen LogP contribution < -0.4 is 33.2 Å². The number of hydrogen-bond acceptors (Lipinski definition) is 10. The predicted molar refractivity (Wildman–Crippen MR) is 159 cm³/mol. The van der Waals surface area contributed by atoms with Gasteiger partial charge in [0, 0.05) is 5.56 Å². The van der Waals surface area contributed by atoms with Crippen molar-refractivity contribution in [1.29, 1.82) is 0 Å². The number of hydrogen-bond donors (Lipinski definition) is 3. The molecule has 3 atom stereocenters. The van der Waals surface area contributed by atoms with Crippen LogP contribution in [-0.2, 0) is 0 Å². The lowest BCUT2D eigenvalue weighted by Crippen LogP contribution is -2.30. The van der Waals surface area contributed by atoms with Crippen molar-refractivity contribution in [3.8, 4) is 46.0 Å². The van der Waals surface area contributed by atoms with Crippen LogP contribution in [0.3, 0.4) is 0 Å². The Morgan fingerprint density at radius 1 is 0.791 bits per heavy atom. The van der Waals surface area contributed by atoms with Gasteiger partial charge in [0.05, 0.1) is 59.7 Å². The number of rotatable bonds is 16. The first kappa shape index (κ1) is 33.0. The number of para-hydroxylation sites is 1. The van der Waals surface area contributed by atoms with Gasteiger partial charge in [-0.1, -0.05) is 25.5 Å². The van der Waals surface area contributed by atoms with Crippen LogP contribution in [0, 0.1) is 0 Å². The van der Waals surface area contributed by atoms with Crippen molar-refractivity contribution in [2.45, 2.75) is 44.8 Å². The van der Waals surface area contributed by atoms with E-state index in [0.29, 0.717) is 28.4 Å². The van der Waals surface area contributed by atoms with Gasteiger partial charge in [0.15, 0.2) is 34.5 Å². The number of ether oxygens (including phenoxy) is 7. The van der Waals surface area contributed by atoms with Crippen molar-refractivity contribution in [1.82, 2.24) is 0 Å². The summed E-state index contributed by atoms with van der Waals surface area (Å²) in [5, 5.41) is 31.6. The first-order chi connectivity index (χ1) is 20.7. The number of aliphatic hydroxyl groups is 1. The first-order valence-electron chi connectivity index (χ1n) is 13.7. The molecule has 3 unspecified atom stereocenters. The molecule has 0 heterocycles. The molecule has 3 N–H and O–H groups in total. The lowest BCUT2D eigenvalue weighted by molar-refractivity contribution is 0.0694. The molecule has 0 spiro atoms. The molecule has 0 aliphatic rings. The molecule has 3 aromatic carbocycles. The summed E-state index contributed by atoms with van der Waals surface area (Å²) < 4.78 is 40.2. The molecule has 11 nitrogen and oxygen atoms in total. The van der Waals surface area contributed by atoms with Gasteiger partial charge in [-0.05, 0) is 49.2 Å². The fourth-order valence-corrected chi connectivity index (χ4v) is 4.89. The van der Waals surface area contributed by atoms with Crippen LogP contribution in [0.1, 0.15) is 54.1 Å². The highest BCUT2D eigenvalue weighted by molar-refractivity contribution is 5.89. The van der Waals surface area contributed by atoms with Gasteiger partial charge in [0.1, 0.15) is 6.10 Å². The SMILES string of the molecule is CCCC(C)Oc1c(OC)cc(C(c2cccc(OC)c2O)C(CO)Oc2c(OC)cc(C(=O)O)cc2OC)cc1OC. The van der Waals surface area contributed by atoms with Crippen molar-refractivity contribution >= 4 is 5.97 Å². The van der Waals surface area contributed by atoms with E-state index in [1.165, 1.54) is 47.7 Å². The van der Waals surface area contributed by atoms with Gasteiger partial charge >= 0.3 is 5.97 Å². The van der Waals surface area contributed by atoms with E-state index >= 15 is 0 Å². The van der Waals surface area contributed by atoms with E-state index in [2.05, 4.69) is 6.92 Å². The van der Waals surface area contributed by atoms with Crippen molar-refractivity contribution in [2.24, 2.45) is 0 Å². The molecular weight excluding hydrogens is 560 g/mol. The van der Waals surface area contributed by atoms with Gasteiger partial charge in [-0.2, -0.15) is 0 Å². The minimum atomic E-state index is -1.18. The number of aliphatic hydroxyl groups excluding tert-OH is 1. The Morgan fingerprint density at radius 2 is 1.30 bits per heavy atom. The summed E-state index contributed by atoms with van der Waals surface area (Å²) in [5.41, 5.74) is 0.841. The third-order valence-corrected chi connectivity index (χ3v) is 6.97. The molecule has 43 heavy (non-hydrogen) atoms. The normalized spacial score (nSPS) is 12.9. The lowest BCUT2D eigenvalue weighted by Gasteiger charge is -2.30. The summed E-state index contributed by atoms with van der Waals surface area (Å²) in [4.78, 5) is 11.7. The molecule has 0 saturated heterocycles. The second-order valence-electron chi connectivity index (χ2n) is 9.70. The second kappa shape index (κ2) is 15.1. The van der Waals surface area contributed by atoms with Crippen molar-refractivity contribution < 1.29 is 53.3 Å². The quantitative estimate of drug-likeness (QED) is 0.198. The minimum Gasteiger partial charge on any atom is -0.504 e. The van der Waals surface area contributed by atoms with E-state index in [0.717, 1.165) is 12.8 Å². The molecule has 0 aromatic heterocycles. The summed E-state index contributed by atoms with van der Waals surface area (Å²) in [6.07, 6.45) is 0.562. The Morgan fingerprint density at radius 3 is 1.77 bits per heavy atom. The maximum absolute atomic E-state index is 11.7. The number of carbonyl (C=O) groups is 1. The maximum atomic E-state index is 11.7. The highest BCUT2D eigenvalue weighted by Crippen LogP contribution is 2.48. The molecule has 0 amide bonds. The average molecular weight is 601 g/mol. The van der Waals surface area contributed by atoms with Gasteiger partial charge in [-0.3, -0.25) is 0 Å². The van der Waals surface area contributed by atoms with Gasteiger partial charge < -0.3 is 48.5 Å². The second-order valence-corrected chi connectivity index (χ2v) is 9.70. The van der Waals surface area contributed by atoms with Crippen LogP contribution in [0.25, 0.3) is 0 Å². The first-order valence-corrected chi connectivity index (χ1v) is 13.7. The minimum absolute atomic E-state index is 0.0636. The molecule has 0 radical (unpaired) electrons. The van der Waals surface area contributed by atoms with Gasteiger partial charge in [0.25, 0.3) is 0 Å². The zero-order valence-electron chi connectivity index (χ0n) is 25.5. The number of aromatic hydroxyl groups is 1. The van der Waals surface area contributed by atoms with Gasteiger partial charge in [-0.15, -0.1) is 0 Å². The van der Waals surface area contributed by atoms with Crippen molar-refractivity contribution in [2.75, 3.05) is 42.2 Å². The number of carboxylic acids is 1. The average Bonchev–Trinajstić information content (AvgIpc) is 3.01. The molecule has 0 saturated carbocycles. The molecule has 0 aliphatic carbocycles. The zero-order valence-corrected chi connectivity index (χ0v) is 25.5. The number of methoxy groups -OCH3 is 5. The van der Waals surface area contributed by atoms with E-state index in [-0.39, 0.29) is 40.4 Å². The van der Waals surface area contributed by atoms with E-state index in [1.54, 1.807) is 30.3 Å². The summed E-state index contributed by atoms with van der Waals surface area (Å²) in [6.45, 7) is 3.49. The largest absolute Gasteiger partial charge is 0.504 e. The number of phenols is 1. The molecule has 3 rings (SSSR count). The number of phenolic OH excluding ortho intramolecular Hbond substituents is 1. The highest BCUT2D eigenvalue weighted by atomic mass is 16.6. The fraction of sp³-hybridized carbons (Fsp3) is 0.406. The fourth-order valence-electron chi connectivity index (χ4n) is 4.89. The standard InChI is InChI=1S/C32H40O11/c1-8-10-18(2)42-30-23(38-4)13-19(14-24(30)39-5)28(21-11-9-12-22(37-3)29(21)34)27(17-33)43-31-25(40-6)15-20(32(35)36)16-26(31)41-7/h9,11-16,18,27-28,33-34H,8,10,17H2,1-7H3,(H,35,36). The topological polar surface area (TPSA) is 142 Å². The summed E-state index contributed by atoms with van der Waals surface area (Å²) in [7, 11) is 7.17. The van der Waals surface area contributed by atoms with E-state index in [4.69, 9.17) is 33.2 Å². The number of carboxylic acid groups (broad SMARTS) is 1. The number of aromatic carboxylic acids is 1. The maximum Gasteiger partial charge on any atom is 0.335 e. The predicted octanol–water partition coefficient (Wildman–Crippen LogP) is 5.27. The van der Waals surface area contributed by atoms with Crippen LogP contribution in [0.2, 0.25) is 0 Å². The number of benzene rings is 3. The Balaban J connectivity index is 2.27. The van der Waals surface area contributed by atoms with Crippen molar-refractivity contribution in [3.05, 3.63) is 59.2 Å². The Bertz CT molecular complexity index is 1340. The van der Waals surface area contributed by atoms with Crippen LogP contribution in [-0.4, -0.2) is 75.7 Å². The van der Waals surface area contributed by atoms with Crippen molar-refractivity contribution in [3.63, 3.8) is 0 Å². The smallest absolute Gasteiger partial charge is 0.335 e.